The predicted octanol–water partition coefficient (Wildman–Crippen LogP) is 1.29. The summed E-state index contributed by atoms with van der Waals surface area (Å²) in [6.07, 6.45) is 1.80. The van der Waals surface area contributed by atoms with E-state index in [1.54, 1.807) is 30.3 Å². The smallest absolute Gasteiger partial charge is 0.259 e. The molecule has 15 heteroatoms. The number of nitrogens with one attached hydrogen (secondary N) is 3. The average molecular weight is 633 g/mol. The number of amides is 2. The van der Waals surface area contributed by atoms with E-state index in [-0.39, 0.29) is 47.3 Å². The fourth-order valence-electron chi connectivity index (χ4n) is 5.73. The van der Waals surface area contributed by atoms with Crippen LogP contribution in [0, 0.1) is 5.92 Å². The van der Waals surface area contributed by atoms with Crippen molar-refractivity contribution in [3.63, 3.8) is 0 Å². The molecule has 2 aliphatic heterocycles. The zero-order valence-corrected chi connectivity index (χ0v) is 26.2. The number of nitrogens with zero attached hydrogens (tertiary/aromatic N) is 5. The number of anilines is 6. The van der Waals surface area contributed by atoms with E-state index in [0.717, 1.165) is 12.8 Å². The maximum Gasteiger partial charge on any atom is 0.259 e. The highest BCUT2D eigenvalue weighted by Gasteiger charge is 2.29. The number of hydrogen-bond donors (Lipinski definition) is 8. The topological polar surface area (TPSA) is 240 Å². The van der Waals surface area contributed by atoms with Gasteiger partial charge in [-0.05, 0) is 55.2 Å². The summed E-state index contributed by atoms with van der Waals surface area (Å²) in [4.78, 5) is 43.0. The first-order valence-electron chi connectivity index (χ1n) is 15.5. The second kappa shape index (κ2) is 14.2. The molecule has 0 radical (unpaired) electrons. The van der Waals surface area contributed by atoms with Crippen molar-refractivity contribution in [2.24, 2.45) is 28.9 Å². The van der Waals surface area contributed by atoms with Crippen LogP contribution in [0.25, 0.3) is 0 Å². The Kier molecular flexibility index (Phi) is 10.2. The Morgan fingerprint density at radius 1 is 0.783 bits per heavy atom. The molecule has 46 heavy (non-hydrogen) atoms. The molecule has 2 amide bonds. The van der Waals surface area contributed by atoms with E-state index in [1.165, 1.54) is 12.1 Å². The molecule has 15 nitrogen and oxygen atoms in total. The van der Waals surface area contributed by atoms with Crippen LogP contribution in [-0.2, 0) is 4.79 Å². The zero-order valence-electron chi connectivity index (χ0n) is 26.2. The first-order valence-corrected chi connectivity index (χ1v) is 15.5. The SMILES string of the molecule is CC(C)CC(=O)Nc1ccc(C(=O)Nc2ccc(Nc3nc(N4C[C@H](N)C[C@H](N)C4)nc(N4C[C@H](N)C[C@H](N)C4)n3)cc2)c(O)c1. The van der Waals surface area contributed by atoms with Crippen LogP contribution in [0.15, 0.2) is 42.5 Å². The lowest BCUT2D eigenvalue weighted by atomic mass is 10.0. The molecule has 5 rings (SSSR count). The van der Waals surface area contributed by atoms with Crippen molar-refractivity contribution in [1.82, 2.24) is 15.0 Å². The van der Waals surface area contributed by atoms with Gasteiger partial charge in [-0.3, -0.25) is 9.59 Å². The van der Waals surface area contributed by atoms with Crippen LogP contribution in [0.3, 0.4) is 0 Å². The average Bonchev–Trinajstić information content (AvgIpc) is 2.96. The molecule has 3 heterocycles. The van der Waals surface area contributed by atoms with Gasteiger partial charge in [0.1, 0.15) is 5.75 Å². The Hall–Kier alpha value is -4.57. The van der Waals surface area contributed by atoms with Crippen LogP contribution in [0.1, 0.15) is 43.5 Å². The Morgan fingerprint density at radius 2 is 1.28 bits per heavy atom. The fraction of sp³-hybridized carbons (Fsp3) is 0.452. The van der Waals surface area contributed by atoms with Gasteiger partial charge in [0.25, 0.3) is 5.91 Å². The molecule has 3 aromatic rings. The van der Waals surface area contributed by atoms with Crippen LogP contribution < -0.4 is 48.7 Å². The number of piperidine rings is 2. The molecule has 0 aliphatic carbocycles. The molecule has 2 fully saturated rings. The number of phenolic OH excluding ortho intramolecular Hbond substituents is 1. The van der Waals surface area contributed by atoms with Gasteiger partial charge in [0, 0.05) is 79.9 Å². The Labute approximate surface area is 268 Å². The van der Waals surface area contributed by atoms with Crippen LogP contribution in [0.4, 0.5) is 34.9 Å². The van der Waals surface area contributed by atoms with Crippen LogP contribution in [0.5, 0.6) is 5.75 Å². The van der Waals surface area contributed by atoms with E-state index in [1.807, 2.05) is 23.6 Å². The zero-order chi connectivity index (χ0) is 33.0. The molecule has 0 saturated carbocycles. The fourth-order valence-corrected chi connectivity index (χ4v) is 5.73. The van der Waals surface area contributed by atoms with Crippen molar-refractivity contribution >= 4 is 46.7 Å². The lowest BCUT2D eigenvalue weighted by Gasteiger charge is -2.37. The molecule has 0 spiro atoms. The molecule has 2 saturated heterocycles. The summed E-state index contributed by atoms with van der Waals surface area (Å²) in [7, 11) is 0. The van der Waals surface area contributed by atoms with E-state index in [2.05, 4.69) is 25.9 Å². The largest absolute Gasteiger partial charge is 0.507 e. The van der Waals surface area contributed by atoms with Crippen molar-refractivity contribution in [3.8, 4) is 5.75 Å². The maximum absolute atomic E-state index is 12.9. The minimum Gasteiger partial charge on any atom is -0.507 e. The Balaban J connectivity index is 1.29. The maximum atomic E-state index is 12.9. The predicted molar refractivity (Wildman–Crippen MR) is 179 cm³/mol. The summed E-state index contributed by atoms with van der Waals surface area (Å²) in [5, 5.41) is 19.2. The van der Waals surface area contributed by atoms with Crippen molar-refractivity contribution < 1.29 is 14.7 Å². The second-order valence-electron chi connectivity index (χ2n) is 12.6. The normalized spacial score (nSPS) is 21.6. The van der Waals surface area contributed by atoms with Gasteiger partial charge in [0.05, 0.1) is 5.56 Å². The van der Waals surface area contributed by atoms with Crippen molar-refractivity contribution in [2.45, 2.75) is 57.3 Å². The Bertz CT molecular complexity index is 1470. The van der Waals surface area contributed by atoms with Crippen LogP contribution in [-0.4, -0.2) is 82.2 Å². The van der Waals surface area contributed by atoms with Gasteiger partial charge in [0.2, 0.25) is 23.8 Å². The van der Waals surface area contributed by atoms with Gasteiger partial charge in [0.15, 0.2) is 0 Å². The van der Waals surface area contributed by atoms with Crippen molar-refractivity contribution in [3.05, 3.63) is 48.0 Å². The third-order valence-corrected chi connectivity index (χ3v) is 7.73. The minimum absolute atomic E-state index is 0.0728. The summed E-state index contributed by atoms with van der Waals surface area (Å²) in [5.41, 5.74) is 26.7. The van der Waals surface area contributed by atoms with E-state index in [9.17, 15) is 14.7 Å². The molecule has 2 aromatic carbocycles. The number of aromatic nitrogens is 3. The third-order valence-electron chi connectivity index (χ3n) is 7.73. The minimum atomic E-state index is -0.499. The van der Waals surface area contributed by atoms with Gasteiger partial charge in [-0.15, -0.1) is 0 Å². The first-order chi connectivity index (χ1) is 21.9. The van der Waals surface area contributed by atoms with Crippen LogP contribution >= 0.6 is 0 Å². The highest BCUT2D eigenvalue weighted by molar-refractivity contribution is 6.06. The molecule has 1 aromatic heterocycles. The van der Waals surface area contributed by atoms with E-state index >= 15 is 0 Å². The number of carbonyl (C=O) groups excluding carboxylic acids is 2. The van der Waals surface area contributed by atoms with E-state index in [4.69, 9.17) is 27.9 Å². The summed E-state index contributed by atoms with van der Waals surface area (Å²) >= 11 is 0. The molecular weight excluding hydrogens is 588 g/mol. The monoisotopic (exact) mass is 632 g/mol. The first kappa shape index (κ1) is 32.8. The van der Waals surface area contributed by atoms with E-state index in [0.29, 0.717) is 67.5 Å². The number of rotatable bonds is 9. The molecular formula is C31H44N12O3. The lowest BCUT2D eigenvalue weighted by Crippen LogP contribution is -2.54. The van der Waals surface area contributed by atoms with Gasteiger partial charge >= 0.3 is 0 Å². The van der Waals surface area contributed by atoms with Gasteiger partial charge in [-0.25, -0.2) is 0 Å². The van der Waals surface area contributed by atoms with Crippen molar-refractivity contribution in [1.29, 1.82) is 0 Å². The summed E-state index contributed by atoms with van der Waals surface area (Å²) < 4.78 is 0. The molecule has 12 N–H and O–H groups in total. The number of phenols is 1. The summed E-state index contributed by atoms with van der Waals surface area (Å²) in [6.45, 7) is 6.14. The van der Waals surface area contributed by atoms with Gasteiger partial charge in [-0.2, -0.15) is 15.0 Å². The van der Waals surface area contributed by atoms with Gasteiger partial charge in [-0.1, -0.05) is 13.8 Å². The number of benzene rings is 2. The highest BCUT2D eigenvalue weighted by atomic mass is 16.3. The summed E-state index contributed by atoms with van der Waals surface area (Å²) in [6, 6.07) is 11.0. The highest BCUT2D eigenvalue weighted by Crippen LogP contribution is 2.26. The number of nitrogens with two attached hydrogens (primary N) is 4. The standard InChI is InChI=1S/C31H44N12O3/c1-17(2)9-27(45)36-24-7-8-25(26(44)12-24)28(46)37-22-3-5-23(6-4-22)38-29-39-30(42-13-18(32)10-19(33)14-42)41-31(40-29)43-15-20(34)11-21(35)16-43/h3-8,12,17-21,44H,9-11,13-16,32-35H2,1-2H3,(H,36,45)(H,37,46)(H,38,39,40,41)/t18-,19+,20-,21+. The quantitative estimate of drug-likeness (QED) is 0.166. The third kappa shape index (κ3) is 8.57. The van der Waals surface area contributed by atoms with Gasteiger partial charge < -0.3 is 53.8 Å². The molecule has 4 atom stereocenters. The molecule has 0 unspecified atom stereocenters. The Morgan fingerprint density at radius 3 is 1.78 bits per heavy atom. The van der Waals surface area contributed by atoms with Crippen molar-refractivity contribution in [2.75, 3.05) is 51.9 Å². The molecule has 246 valence electrons. The summed E-state index contributed by atoms with van der Waals surface area (Å²) in [5.74, 6) is 0.531. The second-order valence-corrected chi connectivity index (χ2v) is 12.6. The van der Waals surface area contributed by atoms with E-state index < -0.39 is 5.91 Å². The number of carbonyl (C=O) groups is 2. The molecule has 2 aliphatic rings. The number of hydrogen-bond acceptors (Lipinski definition) is 13. The lowest BCUT2D eigenvalue weighted by molar-refractivity contribution is -0.116. The number of aromatic hydroxyl groups is 1. The molecule has 0 bridgehead atoms. The van der Waals surface area contributed by atoms with Crippen LogP contribution in [0.2, 0.25) is 0 Å².